The Morgan fingerprint density at radius 2 is 1.89 bits per heavy atom. The highest BCUT2D eigenvalue weighted by molar-refractivity contribution is 6.46. The minimum absolute atomic E-state index is 0.0455. The molecule has 0 bridgehead atoms. The Labute approximate surface area is 217 Å². The van der Waals surface area contributed by atoms with Crippen LogP contribution in [0.5, 0.6) is 17.2 Å². The number of rotatable bonds is 11. The zero-order valence-electron chi connectivity index (χ0n) is 21.9. The zero-order valence-corrected chi connectivity index (χ0v) is 21.9. The highest BCUT2D eigenvalue weighted by Crippen LogP contribution is 2.43. The number of methoxy groups -OCH3 is 1. The van der Waals surface area contributed by atoms with Gasteiger partial charge in [0.05, 0.1) is 24.8 Å². The lowest BCUT2D eigenvalue weighted by atomic mass is 9.94. The molecule has 198 valence electrons. The van der Waals surface area contributed by atoms with Crippen molar-refractivity contribution < 1.29 is 33.6 Å². The van der Waals surface area contributed by atoms with E-state index in [0.29, 0.717) is 61.8 Å². The predicted octanol–water partition coefficient (Wildman–Crippen LogP) is 4.66. The highest BCUT2D eigenvalue weighted by Gasteiger charge is 2.46. The molecule has 2 aliphatic heterocycles. The van der Waals surface area contributed by atoms with Gasteiger partial charge in [-0.1, -0.05) is 13.0 Å². The van der Waals surface area contributed by atoms with Crippen molar-refractivity contribution in [2.24, 2.45) is 0 Å². The molecule has 8 nitrogen and oxygen atoms in total. The van der Waals surface area contributed by atoms with E-state index in [2.05, 4.69) is 0 Å². The van der Waals surface area contributed by atoms with Crippen LogP contribution in [0.25, 0.3) is 5.76 Å². The van der Waals surface area contributed by atoms with Gasteiger partial charge in [-0.2, -0.15) is 0 Å². The third-order valence-corrected chi connectivity index (χ3v) is 6.50. The Kier molecular flexibility index (Phi) is 8.38. The van der Waals surface area contributed by atoms with Crippen molar-refractivity contribution in [2.75, 3.05) is 33.5 Å². The van der Waals surface area contributed by atoms with Gasteiger partial charge in [0.1, 0.15) is 17.6 Å². The second-order valence-electron chi connectivity index (χ2n) is 9.28. The van der Waals surface area contributed by atoms with Crippen LogP contribution in [0.3, 0.4) is 0 Å². The maximum atomic E-state index is 13.3. The number of aliphatic hydroxyl groups excluding tert-OH is 1. The first kappa shape index (κ1) is 26.5. The topological polar surface area (TPSA) is 94.5 Å². The summed E-state index contributed by atoms with van der Waals surface area (Å²) in [4.78, 5) is 28.0. The van der Waals surface area contributed by atoms with E-state index in [-0.39, 0.29) is 17.4 Å². The molecule has 0 saturated carbocycles. The lowest BCUT2D eigenvalue weighted by Gasteiger charge is -2.26. The van der Waals surface area contributed by atoms with Gasteiger partial charge >= 0.3 is 0 Å². The average Bonchev–Trinajstić information content (AvgIpc) is 3.38. The molecule has 0 spiro atoms. The van der Waals surface area contributed by atoms with E-state index in [1.165, 1.54) is 4.90 Å². The summed E-state index contributed by atoms with van der Waals surface area (Å²) in [5.74, 6) is 0.323. The number of aliphatic hydroxyl groups is 1. The van der Waals surface area contributed by atoms with Gasteiger partial charge in [0.25, 0.3) is 11.7 Å². The number of amides is 1. The van der Waals surface area contributed by atoms with Crippen molar-refractivity contribution in [1.82, 2.24) is 4.90 Å². The molecular weight excluding hydrogens is 474 g/mol. The summed E-state index contributed by atoms with van der Waals surface area (Å²) in [5, 5.41) is 11.4. The van der Waals surface area contributed by atoms with E-state index in [1.54, 1.807) is 31.4 Å². The van der Waals surface area contributed by atoms with Gasteiger partial charge in [-0.15, -0.1) is 0 Å². The third kappa shape index (κ3) is 5.44. The number of Topliss-reactive ketones (excluding diaryl/α,β-unsaturated/α-hetero) is 1. The fourth-order valence-electron chi connectivity index (χ4n) is 4.86. The van der Waals surface area contributed by atoms with Crippen LogP contribution >= 0.6 is 0 Å². The third-order valence-electron chi connectivity index (χ3n) is 6.50. The van der Waals surface area contributed by atoms with Crippen molar-refractivity contribution in [2.45, 2.75) is 52.2 Å². The van der Waals surface area contributed by atoms with Crippen molar-refractivity contribution in [3.63, 3.8) is 0 Å². The van der Waals surface area contributed by atoms with Gasteiger partial charge in [0.2, 0.25) is 0 Å². The van der Waals surface area contributed by atoms with E-state index >= 15 is 0 Å². The number of carbonyl (C=O) groups excluding carboxylic acids is 2. The minimum Gasteiger partial charge on any atom is -0.507 e. The molecule has 1 fully saturated rings. The van der Waals surface area contributed by atoms with Gasteiger partial charge in [0, 0.05) is 32.2 Å². The van der Waals surface area contributed by atoms with Crippen molar-refractivity contribution >= 4 is 17.4 Å². The molecule has 1 N–H and O–H groups in total. The molecule has 2 aromatic rings. The molecule has 0 radical (unpaired) electrons. The number of likely N-dealkylation sites (tertiary alicyclic amines) is 1. The number of carbonyl (C=O) groups is 2. The number of hydrogen-bond donors (Lipinski definition) is 1. The summed E-state index contributed by atoms with van der Waals surface area (Å²) in [6.45, 7) is 7.58. The normalized spacial score (nSPS) is 20.2. The molecule has 4 rings (SSSR count). The summed E-state index contributed by atoms with van der Waals surface area (Å²) in [5.41, 5.74) is 2.14. The van der Waals surface area contributed by atoms with E-state index in [4.69, 9.17) is 18.9 Å². The first-order valence-corrected chi connectivity index (χ1v) is 12.9. The van der Waals surface area contributed by atoms with Crippen molar-refractivity contribution in [3.05, 3.63) is 58.7 Å². The van der Waals surface area contributed by atoms with Crippen molar-refractivity contribution in [1.29, 1.82) is 0 Å². The SMILES string of the molecule is CCCOc1ccc([C@H]2/C(=C(\O)c3ccc4c(c3)C[C@@H](C)O4)C(=O)C(=O)N2CCCOC)cc1OCC. The number of ketones is 1. The standard InChI is InChI=1S/C29H35NO7/c1-5-13-36-23-11-8-19(17-24(23)35-6-2)26-25(28(32)29(33)30(26)12-7-14-34-4)27(31)20-9-10-22-21(16-20)15-18(3)37-22/h8-11,16-18,26,31H,5-7,12-15H2,1-4H3/b27-25+/t18-,26+/m1/s1. The van der Waals surface area contributed by atoms with E-state index < -0.39 is 17.7 Å². The first-order valence-electron chi connectivity index (χ1n) is 12.9. The van der Waals surface area contributed by atoms with Gasteiger partial charge in [-0.3, -0.25) is 9.59 Å². The Hall–Kier alpha value is -3.52. The number of benzene rings is 2. The van der Waals surface area contributed by atoms with Crippen LogP contribution < -0.4 is 14.2 Å². The number of nitrogens with zero attached hydrogens (tertiary/aromatic N) is 1. The van der Waals surface area contributed by atoms with Crippen LogP contribution in [0, 0.1) is 0 Å². The molecule has 0 aliphatic carbocycles. The van der Waals surface area contributed by atoms with Gasteiger partial charge < -0.3 is 29.0 Å². The second kappa shape index (κ2) is 11.7. The van der Waals surface area contributed by atoms with E-state index in [0.717, 1.165) is 17.7 Å². The molecular formula is C29H35NO7. The maximum absolute atomic E-state index is 13.3. The van der Waals surface area contributed by atoms with Crippen LogP contribution in [0.15, 0.2) is 42.0 Å². The fraction of sp³-hybridized carbons (Fsp3) is 0.448. The highest BCUT2D eigenvalue weighted by atomic mass is 16.5. The van der Waals surface area contributed by atoms with Crippen LogP contribution in [0.2, 0.25) is 0 Å². The molecule has 2 atom stereocenters. The summed E-state index contributed by atoms with van der Waals surface area (Å²) in [6.07, 6.45) is 2.15. The lowest BCUT2D eigenvalue weighted by Crippen LogP contribution is -2.31. The summed E-state index contributed by atoms with van der Waals surface area (Å²) >= 11 is 0. The van der Waals surface area contributed by atoms with Gasteiger partial charge in [-0.25, -0.2) is 0 Å². The minimum atomic E-state index is -0.778. The number of fused-ring (bicyclic) bond motifs is 1. The molecule has 2 heterocycles. The van der Waals surface area contributed by atoms with Gasteiger partial charge in [-0.05, 0) is 68.1 Å². The first-order chi connectivity index (χ1) is 17.9. The lowest BCUT2D eigenvalue weighted by molar-refractivity contribution is -0.140. The van der Waals surface area contributed by atoms with Crippen LogP contribution in [0.4, 0.5) is 0 Å². The molecule has 37 heavy (non-hydrogen) atoms. The Balaban J connectivity index is 1.81. The Morgan fingerprint density at radius 3 is 2.62 bits per heavy atom. The predicted molar refractivity (Wildman–Crippen MR) is 139 cm³/mol. The Bertz CT molecular complexity index is 1190. The maximum Gasteiger partial charge on any atom is 0.295 e. The molecule has 0 unspecified atom stereocenters. The fourth-order valence-corrected chi connectivity index (χ4v) is 4.86. The summed E-state index contributed by atoms with van der Waals surface area (Å²) < 4.78 is 22.6. The van der Waals surface area contributed by atoms with Gasteiger partial charge in [0.15, 0.2) is 11.5 Å². The zero-order chi connectivity index (χ0) is 26.5. The Morgan fingerprint density at radius 1 is 1.08 bits per heavy atom. The van der Waals surface area contributed by atoms with Crippen LogP contribution in [-0.4, -0.2) is 61.3 Å². The van der Waals surface area contributed by atoms with Crippen molar-refractivity contribution in [3.8, 4) is 17.2 Å². The summed E-state index contributed by atoms with van der Waals surface area (Å²) in [6, 6.07) is 9.97. The molecule has 8 heteroatoms. The van der Waals surface area contributed by atoms with Crippen LogP contribution in [-0.2, 0) is 20.7 Å². The van der Waals surface area contributed by atoms with E-state index in [1.807, 2.05) is 32.9 Å². The summed E-state index contributed by atoms with van der Waals surface area (Å²) in [7, 11) is 1.59. The molecule has 2 aliphatic rings. The van der Waals surface area contributed by atoms with E-state index in [9.17, 15) is 14.7 Å². The molecule has 1 saturated heterocycles. The quantitative estimate of drug-likeness (QED) is 0.204. The molecule has 0 aromatic heterocycles. The number of hydrogen-bond acceptors (Lipinski definition) is 7. The molecule has 2 aromatic carbocycles. The molecule has 1 amide bonds. The average molecular weight is 510 g/mol. The monoisotopic (exact) mass is 509 g/mol. The smallest absolute Gasteiger partial charge is 0.295 e. The van der Waals surface area contributed by atoms with Crippen LogP contribution in [0.1, 0.15) is 56.3 Å². The number of ether oxygens (including phenoxy) is 4. The second-order valence-corrected chi connectivity index (χ2v) is 9.28. The largest absolute Gasteiger partial charge is 0.507 e.